The first-order chi connectivity index (χ1) is 10.5. The average Bonchev–Trinajstić information content (AvgIpc) is 3.25. The topological polar surface area (TPSA) is 48.0 Å². The molecule has 0 saturated heterocycles. The van der Waals surface area contributed by atoms with Crippen LogP contribution in [0.3, 0.4) is 0 Å². The third kappa shape index (κ3) is 2.60. The summed E-state index contributed by atoms with van der Waals surface area (Å²) in [6, 6.07) is 8.69. The zero-order valence-electron chi connectivity index (χ0n) is 13.0. The lowest BCUT2D eigenvalue weighted by molar-refractivity contribution is 0.1000. The van der Waals surface area contributed by atoms with Crippen LogP contribution in [0.1, 0.15) is 54.0 Å². The molecule has 0 bridgehead atoms. The monoisotopic (exact) mass is 360 g/mol. The molecule has 2 N–H and O–H groups in total. The number of benzene rings is 1. The van der Waals surface area contributed by atoms with Crippen molar-refractivity contribution in [2.45, 2.75) is 45.6 Å². The standard InChI is InChI=1S/C18H21BrN2O/c1-3-4-15-17(12-5-7-13(19)8-6-12)16(18(20)22)11(2)21(15)14-9-10-14/h5-8,14H,3-4,9-10H2,1-2H3,(H2,20,22). The maximum atomic E-state index is 12.1. The summed E-state index contributed by atoms with van der Waals surface area (Å²) in [7, 11) is 0. The van der Waals surface area contributed by atoms with Gasteiger partial charge in [-0.1, -0.05) is 41.4 Å². The van der Waals surface area contributed by atoms with Crippen LogP contribution in [0.2, 0.25) is 0 Å². The van der Waals surface area contributed by atoms with Crippen molar-refractivity contribution >= 4 is 21.8 Å². The zero-order valence-corrected chi connectivity index (χ0v) is 14.6. The summed E-state index contributed by atoms with van der Waals surface area (Å²) in [4.78, 5) is 12.1. The van der Waals surface area contributed by atoms with Crippen molar-refractivity contribution in [2.75, 3.05) is 0 Å². The first-order valence-corrected chi connectivity index (χ1v) is 8.63. The van der Waals surface area contributed by atoms with Gasteiger partial charge in [0, 0.05) is 27.5 Å². The van der Waals surface area contributed by atoms with E-state index in [4.69, 9.17) is 5.73 Å². The van der Waals surface area contributed by atoms with Gasteiger partial charge < -0.3 is 10.3 Å². The fraction of sp³-hybridized carbons (Fsp3) is 0.389. The number of hydrogen-bond donors (Lipinski definition) is 1. The third-order valence-corrected chi connectivity index (χ3v) is 4.86. The van der Waals surface area contributed by atoms with Crippen molar-refractivity contribution < 1.29 is 4.79 Å². The molecule has 1 fully saturated rings. The number of halogens is 1. The van der Waals surface area contributed by atoms with Gasteiger partial charge in [0.1, 0.15) is 0 Å². The molecule has 4 heteroatoms. The lowest BCUT2D eigenvalue weighted by Crippen LogP contribution is -2.13. The summed E-state index contributed by atoms with van der Waals surface area (Å²) in [5, 5.41) is 0. The van der Waals surface area contributed by atoms with E-state index in [9.17, 15) is 4.79 Å². The average molecular weight is 361 g/mol. The van der Waals surface area contributed by atoms with Crippen LogP contribution in [-0.2, 0) is 6.42 Å². The summed E-state index contributed by atoms with van der Waals surface area (Å²) < 4.78 is 3.40. The molecule has 1 aliphatic carbocycles. The van der Waals surface area contributed by atoms with Crippen molar-refractivity contribution in [2.24, 2.45) is 5.73 Å². The fourth-order valence-corrected chi connectivity index (χ4v) is 3.57. The summed E-state index contributed by atoms with van der Waals surface area (Å²) in [5.41, 5.74) is 10.8. The Hall–Kier alpha value is -1.55. The third-order valence-electron chi connectivity index (χ3n) is 4.33. The Kier molecular flexibility index (Phi) is 4.13. The Morgan fingerprint density at radius 3 is 2.45 bits per heavy atom. The lowest BCUT2D eigenvalue weighted by Gasteiger charge is -2.11. The molecular weight excluding hydrogens is 340 g/mol. The highest BCUT2D eigenvalue weighted by molar-refractivity contribution is 9.10. The van der Waals surface area contributed by atoms with E-state index in [0.29, 0.717) is 11.6 Å². The molecule has 3 nitrogen and oxygen atoms in total. The van der Waals surface area contributed by atoms with Gasteiger partial charge in [0.05, 0.1) is 5.56 Å². The second-order valence-corrected chi connectivity index (χ2v) is 6.92. The van der Waals surface area contributed by atoms with E-state index in [2.05, 4.69) is 39.6 Å². The Balaban J connectivity index is 2.27. The number of nitrogens with two attached hydrogens (primary N) is 1. The molecule has 2 aromatic rings. The quantitative estimate of drug-likeness (QED) is 0.831. The maximum absolute atomic E-state index is 12.1. The minimum absolute atomic E-state index is 0.327. The van der Waals surface area contributed by atoms with E-state index in [1.807, 2.05) is 19.1 Å². The normalized spacial score (nSPS) is 14.3. The van der Waals surface area contributed by atoms with Gasteiger partial charge in [0.25, 0.3) is 5.91 Å². The van der Waals surface area contributed by atoms with E-state index < -0.39 is 0 Å². The molecule has 0 aliphatic heterocycles. The summed E-state index contributed by atoms with van der Waals surface area (Å²) >= 11 is 3.47. The Bertz CT molecular complexity index is 712. The number of primary amides is 1. The maximum Gasteiger partial charge on any atom is 0.251 e. The molecule has 3 rings (SSSR count). The number of aromatic nitrogens is 1. The highest BCUT2D eigenvalue weighted by Gasteiger charge is 2.32. The smallest absolute Gasteiger partial charge is 0.251 e. The van der Waals surface area contributed by atoms with E-state index in [1.165, 1.54) is 18.5 Å². The minimum atomic E-state index is -0.327. The molecule has 0 radical (unpaired) electrons. The van der Waals surface area contributed by atoms with Gasteiger partial charge in [-0.2, -0.15) is 0 Å². The van der Waals surface area contributed by atoms with Crippen LogP contribution in [0, 0.1) is 6.92 Å². The summed E-state index contributed by atoms with van der Waals surface area (Å²) in [5.74, 6) is -0.327. The Morgan fingerprint density at radius 2 is 1.95 bits per heavy atom. The molecule has 22 heavy (non-hydrogen) atoms. The summed E-state index contributed by atoms with van der Waals surface area (Å²) in [6.45, 7) is 4.20. The van der Waals surface area contributed by atoms with E-state index in [0.717, 1.165) is 34.1 Å². The van der Waals surface area contributed by atoms with Crippen LogP contribution in [0.25, 0.3) is 11.1 Å². The zero-order chi connectivity index (χ0) is 15.9. The number of hydrogen-bond acceptors (Lipinski definition) is 1. The number of carbonyl (C=O) groups is 1. The first kappa shape index (κ1) is 15.3. The SMILES string of the molecule is CCCc1c(-c2ccc(Br)cc2)c(C(N)=O)c(C)n1C1CC1. The largest absolute Gasteiger partial charge is 0.366 e. The van der Waals surface area contributed by atoms with Gasteiger partial charge in [-0.3, -0.25) is 4.79 Å². The number of nitrogens with zero attached hydrogens (tertiary/aromatic N) is 1. The molecule has 116 valence electrons. The molecule has 1 saturated carbocycles. The van der Waals surface area contributed by atoms with Gasteiger partial charge in [0.15, 0.2) is 0 Å². The molecule has 1 amide bonds. The molecule has 1 heterocycles. The predicted octanol–water partition coefficient (Wildman–Crippen LogP) is 4.61. The predicted molar refractivity (Wildman–Crippen MR) is 93.1 cm³/mol. The first-order valence-electron chi connectivity index (χ1n) is 7.84. The van der Waals surface area contributed by atoms with Crippen molar-refractivity contribution in [1.29, 1.82) is 0 Å². The van der Waals surface area contributed by atoms with Crippen LogP contribution >= 0.6 is 15.9 Å². The van der Waals surface area contributed by atoms with Crippen molar-refractivity contribution in [3.05, 3.63) is 45.7 Å². The van der Waals surface area contributed by atoms with Crippen molar-refractivity contribution in [3.63, 3.8) is 0 Å². The van der Waals surface area contributed by atoms with Crippen molar-refractivity contribution in [1.82, 2.24) is 4.57 Å². The van der Waals surface area contributed by atoms with Crippen LogP contribution in [0.5, 0.6) is 0 Å². The van der Waals surface area contributed by atoms with Crippen LogP contribution in [0.4, 0.5) is 0 Å². The number of rotatable bonds is 5. The van der Waals surface area contributed by atoms with Crippen LogP contribution < -0.4 is 5.73 Å². The van der Waals surface area contributed by atoms with Gasteiger partial charge >= 0.3 is 0 Å². The number of amides is 1. The fourth-order valence-electron chi connectivity index (χ4n) is 3.31. The molecule has 0 unspecified atom stereocenters. The molecule has 1 aliphatic rings. The second kappa shape index (κ2) is 5.92. The second-order valence-electron chi connectivity index (χ2n) is 6.00. The highest BCUT2D eigenvalue weighted by atomic mass is 79.9. The lowest BCUT2D eigenvalue weighted by atomic mass is 9.98. The minimum Gasteiger partial charge on any atom is -0.366 e. The van der Waals surface area contributed by atoms with Gasteiger partial charge in [-0.15, -0.1) is 0 Å². The van der Waals surface area contributed by atoms with E-state index in [1.54, 1.807) is 0 Å². The van der Waals surface area contributed by atoms with Crippen LogP contribution in [-0.4, -0.2) is 10.5 Å². The van der Waals surface area contributed by atoms with E-state index >= 15 is 0 Å². The molecule has 1 aromatic carbocycles. The Morgan fingerprint density at radius 1 is 1.32 bits per heavy atom. The van der Waals surface area contributed by atoms with Crippen molar-refractivity contribution in [3.8, 4) is 11.1 Å². The molecule has 0 spiro atoms. The summed E-state index contributed by atoms with van der Waals surface area (Å²) in [6.07, 6.45) is 4.42. The molecule has 0 atom stereocenters. The van der Waals surface area contributed by atoms with E-state index in [-0.39, 0.29) is 5.91 Å². The number of carbonyl (C=O) groups excluding carboxylic acids is 1. The Labute approximate surface area is 139 Å². The highest BCUT2D eigenvalue weighted by Crippen LogP contribution is 2.43. The van der Waals surface area contributed by atoms with Crippen LogP contribution in [0.15, 0.2) is 28.7 Å². The molecule has 1 aromatic heterocycles. The van der Waals surface area contributed by atoms with Gasteiger partial charge in [0.2, 0.25) is 0 Å². The van der Waals surface area contributed by atoms with Gasteiger partial charge in [-0.25, -0.2) is 0 Å². The molecular formula is C18H21BrN2O. The van der Waals surface area contributed by atoms with Gasteiger partial charge in [-0.05, 0) is 43.9 Å².